The predicted octanol–water partition coefficient (Wildman–Crippen LogP) is 3.71. The van der Waals surface area contributed by atoms with Gasteiger partial charge in [-0.25, -0.2) is 4.79 Å². The molecule has 3 N–H and O–H groups in total. The molecular formula is C14H21ClN2O2. The number of carbonyl (C=O) groups is 1. The van der Waals surface area contributed by atoms with Crippen LogP contribution in [0.5, 0.6) is 0 Å². The molecule has 1 amide bonds. The third-order valence-corrected chi connectivity index (χ3v) is 3.72. The Morgan fingerprint density at radius 1 is 1.42 bits per heavy atom. The zero-order valence-corrected chi connectivity index (χ0v) is 12.4. The van der Waals surface area contributed by atoms with Crippen LogP contribution >= 0.6 is 11.6 Å². The van der Waals surface area contributed by atoms with E-state index in [1.54, 1.807) is 12.1 Å². The molecule has 4 nitrogen and oxygen atoms in total. The van der Waals surface area contributed by atoms with Crippen molar-refractivity contribution in [3.8, 4) is 0 Å². The van der Waals surface area contributed by atoms with Gasteiger partial charge in [-0.1, -0.05) is 31.5 Å². The van der Waals surface area contributed by atoms with Crippen molar-refractivity contribution in [1.82, 2.24) is 0 Å². The average Bonchev–Trinajstić information content (AvgIpc) is 2.40. The molecular weight excluding hydrogens is 264 g/mol. The highest BCUT2D eigenvalue weighted by atomic mass is 35.5. The first-order valence-electron chi connectivity index (χ1n) is 6.39. The summed E-state index contributed by atoms with van der Waals surface area (Å²) in [5, 5.41) is 3.23. The van der Waals surface area contributed by atoms with Crippen LogP contribution in [0.2, 0.25) is 5.02 Å². The summed E-state index contributed by atoms with van der Waals surface area (Å²) >= 11 is 5.98. The Labute approximate surface area is 119 Å². The maximum absolute atomic E-state index is 11.7. The van der Waals surface area contributed by atoms with Gasteiger partial charge in [-0.3, -0.25) is 5.32 Å². The Bertz CT molecular complexity index is 445. The minimum atomic E-state index is -0.517. The molecule has 0 radical (unpaired) electrons. The van der Waals surface area contributed by atoms with Crippen LogP contribution in [0.4, 0.5) is 10.5 Å². The van der Waals surface area contributed by atoms with E-state index in [2.05, 4.69) is 5.32 Å². The van der Waals surface area contributed by atoms with Gasteiger partial charge in [0.15, 0.2) is 0 Å². The summed E-state index contributed by atoms with van der Waals surface area (Å²) in [7, 11) is 0. The summed E-state index contributed by atoms with van der Waals surface area (Å²) < 4.78 is 5.14. The number of ether oxygens (including phenoxy) is 1. The van der Waals surface area contributed by atoms with Crippen LogP contribution in [0.3, 0.4) is 0 Å². The third kappa shape index (κ3) is 4.73. The monoisotopic (exact) mass is 284 g/mol. The van der Waals surface area contributed by atoms with E-state index in [4.69, 9.17) is 22.1 Å². The number of hydrogen-bond acceptors (Lipinski definition) is 3. The fraction of sp³-hybridized carbons (Fsp3) is 0.500. The van der Waals surface area contributed by atoms with Crippen molar-refractivity contribution in [3.05, 3.63) is 28.8 Å². The van der Waals surface area contributed by atoms with Crippen LogP contribution in [-0.4, -0.2) is 18.2 Å². The van der Waals surface area contributed by atoms with E-state index in [1.807, 2.05) is 26.8 Å². The minimum Gasteiger partial charge on any atom is -0.447 e. The summed E-state index contributed by atoms with van der Waals surface area (Å²) in [4.78, 5) is 11.7. The van der Waals surface area contributed by atoms with Crippen molar-refractivity contribution in [2.45, 2.75) is 39.2 Å². The lowest BCUT2D eigenvalue weighted by molar-refractivity contribution is 0.125. The molecule has 0 aromatic heterocycles. The van der Waals surface area contributed by atoms with Crippen LogP contribution in [0.25, 0.3) is 0 Å². The molecule has 1 aromatic carbocycles. The number of nitrogens with one attached hydrogen (secondary N) is 1. The number of anilines is 1. The lowest BCUT2D eigenvalue weighted by Gasteiger charge is -2.25. The van der Waals surface area contributed by atoms with Crippen molar-refractivity contribution < 1.29 is 9.53 Å². The van der Waals surface area contributed by atoms with Gasteiger partial charge in [0.25, 0.3) is 0 Å². The van der Waals surface area contributed by atoms with Gasteiger partial charge in [0, 0.05) is 16.2 Å². The van der Waals surface area contributed by atoms with Gasteiger partial charge in [0.05, 0.1) is 0 Å². The number of hydrogen-bond donors (Lipinski definition) is 2. The Hall–Kier alpha value is -1.26. The van der Waals surface area contributed by atoms with Gasteiger partial charge in [0.1, 0.15) is 6.61 Å². The normalized spacial score (nSPS) is 11.2. The molecule has 0 heterocycles. The Kier molecular flexibility index (Phi) is 5.63. The molecule has 106 valence electrons. The summed E-state index contributed by atoms with van der Waals surface area (Å²) in [5.74, 6) is 0. The number of benzene rings is 1. The number of rotatable bonds is 5. The Morgan fingerprint density at radius 2 is 2.05 bits per heavy atom. The van der Waals surface area contributed by atoms with Crippen molar-refractivity contribution in [3.63, 3.8) is 0 Å². The fourth-order valence-corrected chi connectivity index (χ4v) is 1.67. The van der Waals surface area contributed by atoms with E-state index in [0.717, 1.165) is 18.4 Å². The molecule has 0 aliphatic carbocycles. The fourth-order valence-electron chi connectivity index (χ4n) is 1.49. The molecule has 0 bridgehead atoms. The van der Waals surface area contributed by atoms with E-state index in [-0.39, 0.29) is 6.61 Å². The third-order valence-electron chi connectivity index (χ3n) is 3.32. The second-order valence-corrected chi connectivity index (χ2v) is 5.14. The lowest BCUT2D eigenvalue weighted by atomic mass is 9.96. The van der Waals surface area contributed by atoms with Crippen LogP contribution < -0.4 is 11.1 Å². The predicted molar refractivity (Wildman–Crippen MR) is 78.7 cm³/mol. The summed E-state index contributed by atoms with van der Waals surface area (Å²) in [6.45, 7) is 6.05. The highest BCUT2D eigenvalue weighted by Crippen LogP contribution is 2.20. The summed E-state index contributed by atoms with van der Waals surface area (Å²) in [6.07, 6.45) is 0.997. The van der Waals surface area contributed by atoms with E-state index in [0.29, 0.717) is 10.7 Å². The largest absolute Gasteiger partial charge is 0.447 e. The molecule has 0 saturated heterocycles. The summed E-state index contributed by atoms with van der Waals surface area (Å²) in [5.41, 5.74) is 7.16. The van der Waals surface area contributed by atoms with Gasteiger partial charge in [-0.05, 0) is 37.5 Å². The second-order valence-electron chi connectivity index (χ2n) is 4.73. The van der Waals surface area contributed by atoms with Crippen LogP contribution in [0, 0.1) is 6.92 Å². The molecule has 0 saturated carbocycles. The maximum atomic E-state index is 11.7. The Balaban J connectivity index is 2.53. The Morgan fingerprint density at radius 3 is 2.58 bits per heavy atom. The zero-order chi connectivity index (χ0) is 14.5. The van der Waals surface area contributed by atoms with E-state index < -0.39 is 11.6 Å². The SMILES string of the molecule is CCC(N)(CC)COC(=O)Nc1ccc(C)c(Cl)c1. The molecule has 0 fully saturated rings. The highest BCUT2D eigenvalue weighted by Gasteiger charge is 2.22. The molecule has 0 aliphatic rings. The number of carbonyl (C=O) groups excluding carboxylic acids is 1. The molecule has 0 spiro atoms. The second kappa shape index (κ2) is 6.78. The number of aryl methyl sites for hydroxylation is 1. The zero-order valence-electron chi connectivity index (χ0n) is 11.6. The van der Waals surface area contributed by atoms with Crippen LogP contribution in [0.1, 0.15) is 32.3 Å². The molecule has 0 atom stereocenters. The van der Waals surface area contributed by atoms with Gasteiger partial charge < -0.3 is 10.5 Å². The molecule has 0 unspecified atom stereocenters. The highest BCUT2D eigenvalue weighted by molar-refractivity contribution is 6.31. The van der Waals surface area contributed by atoms with Gasteiger partial charge in [-0.15, -0.1) is 0 Å². The average molecular weight is 285 g/mol. The quantitative estimate of drug-likeness (QED) is 0.866. The maximum Gasteiger partial charge on any atom is 0.411 e. The molecule has 0 aliphatic heterocycles. The van der Waals surface area contributed by atoms with Crippen LogP contribution in [0.15, 0.2) is 18.2 Å². The van der Waals surface area contributed by atoms with E-state index in [9.17, 15) is 4.79 Å². The number of amides is 1. The van der Waals surface area contributed by atoms with Crippen molar-refractivity contribution >= 4 is 23.4 Å². The topological polar surface area (TPSA) is 64.3 Å². The summed E-state index contributed by atoms with van der Waals surface area (Å²) in [6, 6.07) is 5.30. The molecule has 5 heteroatoms. The number of nitrogens with two attached hydrogens (primary N) is 1. The van der Waals surface area contributed by atoms with Crippen molar-refractivity contribution in [1.29, 1.82) is 0 Å². The minimum absolute atomic E-state index is 0.200. The molecule has 19 heavy (non-hydrogen) atoms. The number of halogens is 1. The van der Waals surface area contributed by atoms with E-state index >= 15 is 0 Å². The van der Waals surface area contributed by atoms with Gasteiger partial charge >= 0.3 is 6.09 Å². The molecule has 1 rings (SSSR count). The van der Waals surface area contributed by atoms with Crippen molar-refractivity contribution in [2.24, 2.45) is 5.73 Å². The van der Waals surface area contributed by atoms with Gasteiger partial charge in [0.2, 0.25) is 0 Å². The van der Waals surface area contributed by atoms with Crippen molar-refractivity contribution in [2.75, 3.05) is 11.9 Å². The van der Waals surface area contributed by atoms with E-state index in [1.165, 1.54) is 0 Å². The standard InChI is InChI=1S/C14H21ClN2O2/c1-4-14(16,5-2)9-19-13(18)17-11-7-6-10(3)12(15)8-11/h6-8H,4-5,9,16H2,1-3H3,(H,17,18). The molecule has 1 aromatic rings. The van der Waals surface area contributed by atoms with Gasteiger partial charge in [-0.2, -0.15) is 0 Å². The smallest absolute Gasteiger partial charge is 0.411 e. The first-order chi connectivity index (χ1) is 8.90. The lowest BCUT2D eigenvalue weighted by Crippen LogP contribution is -2.44. The first kappa shape index (κ1) is 15.8. The van der Waals surface area contributed by atoms with Crippen LogP contribution in [-0.2, 0) is 4.74 Å². The first-order valence-corrected chi connectivity index (χ1v) is 6.77.